The van der Waals surface area contributed by atoms with Gasteiger partial charge >= 0.3 is 0 Å². The molecule has 0 saturated heterocycles. The van der Waals surface area contributed by atoms with Crippen LogP contribution in [0.2, 0.25) is 0 Å². The van der Waals surface area contributed by atoms with Gasteiger partial charge in [-0.2, -0.15) is 0 Å². The average molecular weight is 236 g/mol. The van der Waals surface area contributed by atoms with Crippen molar-refractivity contribution in [3.8, 4) is 0 Å². The zero-order valence-electron chi connectivity index (χ0n) is 10.9. The highest BCUT2D eigenvalue weighted by Crippen LogP contribution is 2.34. The minimum Gasteiger partial charge on any atom is -0.338 e. The van der Waals surface area contributed by atoms with E-state index in [0.717, 1.165) is 30.5 Å². The standard InChI is InChI=1S/C13H24N4/c1-10-4-3-5-11(10)12(16-14)6-7-13-15-8-9-17(13)2/h8-12,16H,3-7,14H2,1-2H3. The Kier molecular flexibility index (Phi) is 4.18. The predicted molar refractivity (Wildman–Crippen MR) is 69.1 cm³/mol. The van der Waals surface area contributed by atoms with Gasteiger partial charge in [0.15, 0.2) is 0 Å². The Morgan fingerprint density at radius 1 is 1.59 bits per heavy atom. The van der Waals surface area contributed by atoms with Crippen LogP contribution < -0.4 is 11.3 Å². The average Bonchev–Trinajstić information content (AvgIpc) is 2.90. The van der Waals surface area contributed by atoms with Crippen LogP contribution in [0.5, 0.6) is 0 Å². The van der Waals surface area contributed by atoms with Gasteiger partial charge in [0.05, 0.1) is 0 Å². The Morgan fingerprint density at radius 3 is 2.94 bits per heavy atom. The van der Waals surface area contributed by atoms with Gasteiger partial charge < -0.3 is 4.57 Å². The maximum atomic E-state index is 5.72. The van der Waals surface area contributed by atoms with E-state index in [1.807, 2.05) is 19.4 Å². The van der Waals surface area contributed by atoms with Crippen LogP contribution in [0.1, 0.15) is 38.4 Å². The number of nitrogens with zero attached hydrogens (tertiary/aromatic N) is 2. The summed E-state index contributed by atoms with van der Waals surface area (Å²) in [6.45, 7) is 2.35. The Balaban J connectivity index is 1.89. The van der Waals surface area contributed by atoms with E-state index in [9.17, 15) is 0 Å². The molecule has 2 rings (SSSR count). The molecule has 4 nitrogen and oxygen atoms in total. The highest BCUT2D eigenvalue weighted by Gasteiger charge is 2.30. The van der Waals surface area contributed by atoms with Gasteiger partial charge in [0.1, 0.15) is 5.82 Å². The molecule has 1 fully saturated rings. The number of imidazole rings is 1. The molecule has 4 heteroatoms. The van der Waals surface area contributed by atoms with Crippen LogP contribution in [0.15, 0.2) is 12.4 Å². The number of aromatic nitrogens is 2. The molecule has 1 aliphatic rings. The van der Waals surface area contributed by atoms with Crippen molar-refractivity contribution in [1.29, 1.82) is 0 Å². The van der Waals surface area contributed by atoms with Crippen LogP contribution in [-0.2, 0) is 13.5 Å². The van der Waals surface area contributed by atoms with Gasteiger partial charge in [0, 0.05) is 31.9 Å². The highest BCUT2D eigenvalue weighted by molar-refractivity contribution is 4.93. The summed E-state index contributed by atoms with van der Waals surface area (Å²) < 4.78 is 2.09. The predicted octanol–water partition coefficient (Wildman–Crippen LogP) is 1.62. The molecule has 3 N–H and O–H groups in total. The molecule has 1 saturated carbocycles. The molecule has 0 amide bonds. The van der Waals surface area contributed by atoms with Crippen molar-refractivity contribution in [2.24, 2.45) is 24.7 Å². The minimum atomic E-state index is 0.434. The lowest BCUT2D eigenvalue weighted by atomic mass is 9.88. The summed E-state index contributed by atoms with van der Waals surface area (Å²) in [6, 6.07) is 0.434. The van der Waals surface area contributed by atoms with E-state index in [2.05, 4.69) is 21.9 Å². The van der Waals surface area contributed by atoms with Crippen molar-refractivity contribution in [2.75, 3.05) is 0 Å². The number of hydrogen-bond acceptors (Lipinski definition) is 3. The Hall–Kier alpha value is -0.870. The Morgan fingerprint density at radius 2 is 2.41 bits per heavy atom. The molecule has 17 heavy (non-hydrogen) atoms. The van der Waals surface area contributed by atoms with Crippen molar-refractivity contribution in [1.82, 2.24) is 15.0 Å². The molecule has 1 aromatic heterocycles. The monoisotopic (exact) mass is 236 g/mol. The summed E-state index contributed by atoms with van der Waals surface area (Å²) in [4.78, 5) is 4.36. The Bertz CT molecular complexity index is 347. The molecule has 3 atom stereocenters. The van der Waals surface area contributed by atoms with Crippen LogP contribution in [0.3, 0.4) is 0 Å². The number of rotatable bonds is 5. The summed E-state index contributed by atoms with van der Waals surface area (Å²) >= 11 is 0. The van der Waals surface area contributed by atoms with E-state index in [1.54, 1.807) is 0 Å². The zero-order valence-corrected chi connectivity index (χ0v) is 10.9. The van der Waals surface area contributed by atoms with Gasteiger partial charge in [0.2, 0.25) is 0 Å². The second-order valence-corrected chi connectivity index (χ2v) is 5.34. The number of hydrazine groups is 1. The van der Waals surface area contributed by atoms with Crippen molar-refractivity contribution < 1.29 is 0 Å². The second-order valence-electron chi connectivity index (χ2n) is 5.34. The van der Waals surface area contributed by atoms with E-state index < -0.39 is 0 Å². The van der Waals surface area contributed by atoms with Gasteiger partial charge in [-0.1, -0.05) is 19.8 Å². The summed E-state index contributed by atoms with van der Waals surface area (Å²) in [5, 5.41) is 0. The fourth-order valence-corrected chi connectivity index (χ4v) is 3.11. The van der Waals surface area contributed by atoms with E-state index in [-0.39, 0.29) is 0 Å². The molecular formula is C13H24N4. The highest BCUT2D eigenvalue weighted by atomic mass is 15.2. The lowest BCUT2D eigenvalue weighted by Crippen LogP contribution is -2.42. The van der Waals surface area contributed by atoms with Crippen LogP contribution in [0, 0.1) is 11.8 Å². The van der Waals surface area contributed by atoms with Gasteiger partial charge in [-0.3, -0.25) is 11.3 Å². The van der Waals surface area contributed by atoms with E-state index in [4.69, 9.17) is 5.84 Å². The maximum Gasteiger partial charge on any atom is 0.108 e. The van der Waals surface area contributed by atoms with Crippen molar-refractivity contribution in [3.63, 3.8) is 0 Å². The lowest BCUT2D eigenvalue weighted by molar-refractivity contribution is 0.284. The third-order valence-electron chi connectivity index (χ3n) is 4.26. The second kappa shape index (κ2) is 5.65. The normalized spacial score (nSPS) is 26.3. The fraction of sp³-hybridized carbons (Fsp3) is 0.769. The van der Waals surface area contributed by atoms with E-state index in [1.165, 1.54) is 19.3 Å². The van der Waals surface area contributed by atoms with Crippen LogP contribution in [0.4, 0.5) is 0 Å². The quantitative estimate of drug-likeness (QED) is 0.603. The van der Waals surface area contributed by atoms with Crippen LogP contribution in [-0.4, -0.2) is 15.6 Å². The Labute approximate surface area is 104 Å². The molecule has 0 spiro atoms. The van der Waals surface area contributed by atoms with Gasteiger partial charge in [-0.15, -0.1) is 0 Å². The first kappa shape index (κ1) is 12.6. The molecule has 3 unspecified atom stereocenters. The fourth-order valence-electron chi connectivity index (χ4n) is 3.11. The summed E-state index contributed by atoms with van der Waals surface area (Å²) in [6.07, 6.45) is 9.96. The minimum absolute atomic E-state index is 0.434. The van der Waals surface area contributed by atoms with Gasteiger partial charge in [-0.25, -0.2) is 4.98 Å². The van der Waals surface area contributed by atoms with Crippen molar-refractivity contribution in [3.05, 3.63) is 18.2 Å². The number of nitrogens with one attached hydrogen (secondary N) is 1. The molecule has 0 bridgehead atoms. The molecule has 0 aromatic carbocycles. The summed E-state index contributed by atoms with van der Waals surface area (Å²) in [5.41, 5.74) is 3.02. The molecule has 96 valence electrons. The third-order valence-corrected chi connectivity index (χ3v) is 4.26. The molecule has 1 aliphatic carbocycles. The van der Waals surface area contributed by atoms with E-state index >= 15 is 0 Å². The number of nitrogens with two attached hydrogens (primary N) is 1. The molecule has 0 radical (unpaired) electrons. The molecule has 1 aromatic rings. The van der Waals surface area contributed by atoms with Gasteiger partial charge in [0.25, 0.3) is 0 Å². The third kappa shape index (κ3) is 2.87. The number of hydrogen-bond donors (Lipinski definition) is 2. The SMILES string of the molecule is CC1CCCC1C(CCc1nccn1C)NN. The maximum absolute atomic E-state index is 5.72. The van der Waals surface area contributed by atoms with Crippen LogP contribution >= 0.6 is 0 Å². The molecule has 1 heterocycles. The van der Waals surface area contributed by atoms with Crippen LogP contribution in [0.25, 0.3) is 0 Å². The van der Waals surface area contributed by atoms with E-state index in [0.29, 0.717) is 6.04 Å². The number of aryl methyl sites for hydroxylation is 2. The first-order chi connectivity index (χ1) is 8.22. The molecular weight excluding hydrogens is 212 g/mol. The smallest absolute Gasteiger partial charge is 0.108 e. The largest absolute Gasteiger partial charge is 0.338 e. The summed E-state index contributed by atoms with van der Waals surface area (Å²) in [7, 11) is 2.05. The van der Waals surface area contributed by atoms with Gasteiger partial charge in [-0.05, 0) is 24.7 Å². The van der Waals surface area contributed by atoms with Crippen molar-refractivity contribution >= 4 is 0 Å². The summed E-state index contributed by atoms with van der Waals surface area (Å²) in [5.74, 6) is 8.40. The molecule has 0 aliphatic heterocycles. The van der Waals surface area contributed by atoms with Crippen molar-refractivity contribution in [2.45, 2.75) is 45.1 Å². The first-order valence-corrected chi connectivity index (χ1v) is 6.64. The zero-order chi connectivity index (χ0) is 12.3. The topological polar surface area (TPSA) is 55.9 Å². The lowest BCUT2D eigenvalue weighted by Gasteiger charge is -2.26. The first-order valence-electron chi connectivity index (χ1n) is 6.64.